The molecule has 2 aromatic heterocycles. The normalized spacial score (nSPS) is 12.1. The third-order valence-electron chi connectivity index (χ3n) is 3.97. The van der Waals surface area contributed by atoms with E-state index in [4.69, 9.17) is 24.3 Å². The van der Waals surface area contributed by atoms with Crippen LogP contribution in [0.2, 0.25) is 0 Å². The number of halogens is 1. The van der Waals surface area contributed by atoms with Crippen molar-refractivity contribution in [2.75, 3.05) is 32.6 Å². The van der Waals surface area contributed by atoms with Crippen LogP contribution in [0.4, 0.5) is 15.1 Å². The summed E-state index contributed by atoms with van der Waals surface area (Å²) in [6.45, 7) is 0.216. The number of benzene rings is 1. The molecule has 12 nitrogen and oxygen atoms in total. The van der Waals surface area contributed by atoms with Crippen LogP contribution in [0.1, 0.15) is 5.56 Å². The summed E-state index contributed by atoms with van der Waals surface area (Å²) in [5.74, 6) is -0.402. The fourth-order valence-electron chi connectivity index (χ4n) is 2.51. The maximum atomic E-state index is 13.3. The predicted octanol–water partition coefficient (Wildman–Crippen LogP) is 2.10. The molecule has 32 heavy (non-hydrogen) atoms. The third-order valence-corrected chi connectivity index (χ3v) is 5.17. The van der Waals surface area contributed by atoms with Crippen LogP contribution in [0.15, 0.2) is 35.4 Å². The minimum absolute atomic E-state index is 0.0153. The van der Waals surface area contributed by atoms with Crippen molar-refractivity contribution in [1.82, 2.24) is 19.5 Å². The molecule has 3 aromatic rings. The number of ether oxygens (including phenoxy) is 3. The van der Waals surface area contributed by atoms with E-state index in [1.807, 2.05) is 0 Å². The maximum Gasteiger partial charge on any atom is 0.510 e. The number of methoxy groups -OCH3 is 1. The number of fused-ring (bicyclic) bond motifs is 1. The average Bonchev–Trinajstić information content (AvgIpc) is 3.17. The van der Waals surface area contributed by atoms with E-state index in [0.717, 1.165) is 0 Å². The molecule has 0 spiro atoms. The number of anilines is 1. The van der Waals surface area contributed by atoms with Crippen molar-refractivity contribution in [2.45, 2.75) is 13.2 Å². The summed E-state index contributed by atoms with van der Waals surface area (Å²) in [7, 11) is -0.465. The highest BCUT2D eigenvalue weighted by Crippen LogP contribution is 2.39. The van der Waals surface area contributed by atoms with Crippen molar-refractivity contribution in [3.8, 4) is 0 Å². The number of aromatic nitrogens is 4. The molecule has 14 heteroatoms. The first kappa shape index (κ1) is 23.5. The van der Waals surface area contributed by atoms with E-state index < -0.39 is 26.9 Å². The maximum absolute atomic E-state index is 13.3. The SMILES string of the molecule is COC(=O)OCOP(COCCn1cnc2c(=O)[nH]c(N)nc21)OCc1cccc(F)c1. The Balaban J connectivity index is 1.53. The summed E-state index contributed by atoms with van der Waals surface area (Å²) >= 11 is 0. The van der Waals surface area contributed by atoms with Gasteiger partial charge in [0.05, 0.1) is 26.7 Å². The molecule has 0 bridgehead atoms. The van der Waals surface area contributed by atoms with Crippen LogP contribution in [0.5, 0.6) is 0 Å². The van der Waals surface area contributed by atoms with E-state index in [0.29, 0.717) is 17.8 Å². The lowest BCUT2D eigenvalue weighted by Crippen LogP contribution is -2.13. The number of rotatable bonds is 11. The highest BCUT2D eigenvalue weighted by molar-refractivity contribution is 7.46. The number of hydrogen-bond donors (Lipinski definition) is 2. The fraction of sp³-hybridized carbons (Fsp3) is 0.333. The van der Waals surface area contributed by atoms with Gasteiger partial charge in [0, 0.05) is 6.54 Å². The second-order valence-corrected chi connectivity index (χ2v) is 7.62. The highest BCUT2D eigenvalue weighted by atomic mass is 31.2. The van der Waals surface area contributed by atoms with Gasteiger partial charge >= 0.3 is 6.16 Å². The predicted molar refractivity (Wildman–Crippen MR) is 111 cm³/mol. The van der Waals surface area contributed by atoms with Crippen LogP contribution in [0, 0.1) is 5.82 Å². The molecule has 0 saturated carbocycles. The minimum Gasteiger partial charge on any atom is -0.438 e. The molecule has 0 radical (unpaired) electrons. The van der Waals surface area contributed by atoms with Gasteiger partial charge in [-0.05, 0) is 17.7 Å². The summed E-state index contributed by atoms with van der Waals surface area (Å²) in [5.41, 5.74) is 6.26. The van der Waals surface area contributed by atoms with E-state index in [-0.39, 0.29) is 36.8 Å². The van der Waals surface area contributed by atoms with Crippen LogP contribution in [-0.2, 0) is 36.4 Å². The lowest BCUT2D eigenvalue weighted by molar-refractivity contribution is 0.0100. The van der Waals surface area contributed by atoms with Gasteiger partial charge in [0.1, 0.15) is 12.2 Å². The van der Waals surface area contributed by atoms with E-state index in [2.05, 4.69) is 19.7 Å². The van der Waals surface area contributed by atoms with Crippen molar-refractivity contribution in [1.29, 1.82) is 0 Å². The Morgan fingerprint density at radius 1 is 1.34 bits per heavy atom. The van der Waals surface area contributed by atoms with Gasteiger partial charge in [0.2, 0.25) is 21.1 Å². The molecule has 1 unspecified atom stereocenters. The molecular weight excluding hydrogens is 448 g/mol. The Bertz CT molecular complexity index is 1110. The molecule has 1 atom stereocenters. The number of nitrogens with zero attached hydrogens (tertiary/aromatic N) is 3. The number of imidazole rings is 1. The quantitative estimate of drug-likeness (QED) is 0.185. The van der Waals surface area contributed by atoms with Crippen LogP contribution < -0.4 is 11.3 Å². The highest BCUT2D eigenvalue weighted by Gasteiger charge is 2.14. The van der Waals surface area contributed by atoms with Crippen molar-refractivity contribution < 1.29 is 32.4 Å². The van der Waals surface area contributed by atoms with Crippen molar-refractivity contribution >= 4 is 31.6 Å². The topological polar surface area (TPSA) is 153 Å². The molecule has 0 saturated heterocycles. The van der Waals surface area contributed by atoms with Crippen LogP contribution >= 0.6 is 8.38 Å². The number of nitrogens with two attached hydrogens (primary N) is 1. The molecule has 2 heterocycles. The first-order valence-corrected chi connectivity index (χ1v) is 10.6. The lowest BCUT2D eigenvalue weighted by atomic mass is 10.2. The van der Waals surface area contributed by atoms with E-state index in [1.165, 1.54) is 25.6 Å². The van der Waals surface area contributed by atoms with Gasteiger partial charge in [-0.2, -0.15) is 4.98 Å². The van der Waals surface area contributed by atoms with Crippen LogP contribution in [0.25, 0.3) is 11.2 Å². The van der Waals surface area contributed by atoms with E-state index in [9.17, 15) is 14.0 Å². The first-order valence-electron chi connectivity index (χ1n) is 9.23. The van der Waals surface area contributed by atoms with Gasteiger partial charge in [-0.15, -0.1) is 0 Å². The monoisotopic (exact) mass is 469 g/mol. The van der Waals surface area contributed by atoms with Gasteiger partial charge < -0.3 is 29.0 Å². The van der Waals surface area contributed by atoms with Gasteiger partial charge in [0.15, 0.2) is 11.2 Å². The van der Waals surface area contributed by atoms with Crippen LogP contribution in [0.3, 0.4) is 0 Å². The Hall–Kier alpha value is -3.12. The van der Waals surface area contributed by atoms with Gasteiger partial charge in [-0.25, -0.2) is 14.2 Å². The third kappa shape index (κ3) is 6.69. The number of carbonyl (C=O) groups excluding carboxylic acids is 1. The van der Waals surface area contributed by atoms with Gasteiger partial charge in [-0.1, -0.05) is 12.1 Å². The number of hydrogen-bond acceptors (Lipinski definition) is 10. The lowest BCUT2D eigenvalue weighted by Gasteiger charge is -2.17. The summed E-state index contributed by atoms with van der Waals surface area (Å²) in [6.07, 6.45) is 0.595. The minimum atomic E-state index is -1.64. The summed E-state index contributed by atoms with van der Waals surface area (Å²) in [5, 5.41) is 0. The molecule has 3 rings (SSSR count). The molecule has 172 valence electrons. The fourth-order valence-corrected chi connectivity index (χ4v) is 3.48. The molecule has 0 amide bonds. The zero-order valence-electron chi connectivity index (χ0n) is 17.0. The Morgan fingerprint density at radius 2 is 2.19 bits per heavy atom. The second-order valence-electron chi connectivity index (χ2n) is 6.18. The molecule has 0 aliphatic heterocycles. The molecular formula is C18H21FN5O7P. The van der Waals surface area contributed by atoms with Crippen molar-refractivity contribution in [2.24, 2.45) is 0 Å². The average molecular weight is 469 g/mol. The number of nitrogens with one attached hydrogen (secondary N) is 1. The number of H-pyrrole nitrogens is 1. The first-order chi connectivity index (χ1) is 15.5. The smallest absolute Gasteiger partial charge is 0.438 e. The zero-order valence-corrected chi connectivity index (χ0v) is 17.9. The van der Waals surface area contributed by atoms with Crippen molar-refractivity contribution in [3.63, 3.8) is 0 Å². The standard InChI is InChI=1S/C18H21FN5O7P/c1-27-18(26)29-10-31-32(30-8-12-3-2-4-13(19)7-12)11-28-6-5-24-9-21-14-15(24)22-17(20)23-16(14)25/h2-4,7,9H,5-6,8,10-11H2,1H3,(H3,20,22,23,25). The molecule has 0 aliphatic rings. The molecule has 0 aliphatic carbocycles. The summed E-state index contributed by atoms with van der Waals surface area (Å²) in [4.78, 5) is 33.4. The van der Waals surface area contributed by atoms with Gasteiger partial charge in [-0.3, -0.25) is 14.3 Å². The summed E-state index contributed by atoms with van der Waals surface area (Å²) < 4.78 is 40.7. The largest absolute Gasteiger partial charge is 0.510 e. The Morgan fingerprint density at radius 3 is 2.97 bits per heavy atom. The summed E-state index contributed by atoms with van der Waals surface area (Å²) in [6, 6.07) is 5.93. The van der Waals surface area contributed by atoms with Gasteiger partial charge in [0.25, 0.3) is 5.56 Å². The Labute approximate surface area is 182 Å². The molecule has 1 aromatic carbocycles. The number of aromatic amines is 1. The van der Waals surface area contributed by atoms with E-state index in [1.54, 1.807) is 16.7 Å². The molecule has 0 fully saturated rings. The van der Waals surface area contributed by atoms with Crippen LogP contribution in [-0.4, -0.2) is 52.5 Å². The van der Waals surface area contributed by atoms with E-state index >= 15 is 0 Å². The zero-order chi connectivity index (χ0) is 22.9. The number of carbonyl (C=O) groups is 1. The second kappa shape index (κ2) is 11.5. The Kier molecular flexibility index (Phi) is 8.45. The molecule has 3 N–H and O–H groups in total. The number of nitrogen functional groups attached to an aromatic ring is 1. The van der Waals surface area contributed by atoms with Crippen molar-refractivity contribution in [3.05, 3.63) is 52.3 Å².